The van der Waals surface area contributed by atoms with Crippen LogP contribution in [0.1, 0.15) is 11.1 Å². The molecule has 106 valence electrons. The maximum Gasteiger partial charge on any atom is 0.118 e. The smallest absolute Gasteiger partial charge is 0.118 e. The zero-order valence-electron chi connectivity index (χ0n) is 12.0. The molecule has 2 aromatic carbocycles. The predicted molar refractivity (Wildman–Crippen MR) is 82.6 cm³/mol. The number of benzene rings is 2. The van der Waals surface area contributed by atoms with Crippen molar-refractivity contribution in [2.75, 3.05) is 20.2 Å². The lowest BCUT2D eigenvalue weighted by Gasteiger charge is -2.22. The van der Waals surface area contributed by atoms with Crippen molar-refractivity contribution in [2.45, 2.75) is 13.1 Å². The molecule has 20 heavy (non-hydrogen) atoms. The van der Waals surface area contributed by atoms with Gasteiger partial charge in [-0.15, -0.1) is 0 Å². The Labute approximate surface area is 121 Å². The number of hydrogen-bond donors (Lipinski definition) is 1. The third kappa shape index (κ3) is 4.37. The minimum atomic E-state index is 0.670. The highest BCUT2D eigenvalue weighted by Gasteiger charge is 2.06. The second-order valence-electron chi connectivity index (χ2n) is 4.83. The first-order valence-corrected chi connectivity index (χ1v) is 6.91. The van der Waals surface area contributed by atoms with E-state index >= 15 is 0 Å². The molecule has 3 nitrogen and oxygen atoms in total. The maximum absolute atomic E-state index is 5.72. The van der Waals surface area contributed by atoms with Gasteiger partial charge in [0.05, 0.1) is 7.11 Å². The van der Waals surface area contributed by atoms with E-state index in [0.717, 1.165) is 25.4 Å². The van der Waals surface area contributed by atoms with Gasteiger partial charge in [-0.05, 0) is 23.3 Å². The Morgan fingerprint density at radius 2 is 1.50 bits per heavy atom. The lowest BCUT2D eigenvalue weighted by molar-refractivity contribution is 0.264. The van der Waals surface area contributed by atoms with E-state index in [0.29, 0.717) is 6.54 Å². The third-order valence-corrected chi connectivity index (χ3v) is 3.26. The molecular formula is C17H22N2O. The molecule has 0 amide bonds. The molecule has 2 rings (SSSR count). The Morgan fingerprint density at radius 1 is 0.900 bits per heavy atom. The second kappa shape index (κ2) is 7.68. The molecule has 0 unspecified atom stereocenters. The van der Waals surface area contributed by atoms with Crippen molar-refractivity contribution in [3.8, 4) is 5.75 Å². The molecule has 3 heteroatoms. The molecule has 0 aliphatic carbocycles. The van der Waals surface area contributed by atoms with Gasteiger partial charge >= 0.3 is 0 Å². The van der Waals surface area contributed by atoms with Crippen LogP contribution in [0, 0.1) is 0 Å². The number of rotatable bonds is 7. The standard InChI is InChI=1S/C17H22N2O/c1-20-17-9-7-16(8-10-17)14-19(12-11-18)13-15-5-3-2-4-6-15/h2-10H,11-14,18H2,1H3. The highest BCUT2D eigenvalue weighted by Crippen LogP contribution is 2.14. The molecule has 2 aromatic rings. The fraction of sp³-hybridized carbons (Fsp3) is 0.294. The van der Waals surface area contributed by atoms with E-state index in [9.17, 15) is 0 Å². The van der Waals surface area contributed by atoms with Crippen molar-refractivity contribution < 1.29 is 4.74 Å². The fourth-order valence-corrected chi connectivity index (χ4v) is 2.23. The second-order valence-corrected chi connectivity index (χ2v) is 4.83. The molecule has 0 saturated carbocycles. The van der Waals surface area contributed by atoms with Crippen LogP contribution >= 0.6 is 0 Å². The van der Waals surface area contributed by atoms with Crippen molar-refractivity contribution >= 4 is 0 Å². The van der Waals surface area contributed by atoms with Crippen molar-refractivity contribution in [3.63, 3.8) is 0 Å². The summed E-state index contributed by atoms with van der Waals surface area (Å²) in [6.07, 6.45) is 0. The molecule has 0 bridgehead atoms. The number of ether oxygens (including phenoxy) is 1. The van der Waals surface area contributed by atoms with Crippen molar-refractivity contribution in [3.05, 3.63) is 65.7 Å². The monoisotopic (exact) mass is 270 g/mol. The average molecular weight is 270 g/mol. The summed E-state index contributed by atoms with van der Waals surface area (Å²) in [5.41, 5.74) is 8.31. The topological polar surface area (TPSA) is 38.5 Å². The molecule has 0 heterocycles. The summed E-state index contributed by atoms with van der Waals surface area (Å²) in [6.45, 7) is 3.38. The van der Waals surface area contributed by atoms with Crippen LogP contribution in [0.4, 0.5) is 0 Å². The largest absolute Gasteiger partial charge is 0.497 e. The minimum absolute atomic E-state index is 0.670. The van der Waals surface area contributed by atoms with Crippen LogP contribution in [-0.4, -0.2) is 25.1 Å². The first-order chi connectivity index (χ1) is 9.81. The van der Waals surface area contributed by atoms with E-state index in [1.54, 1.807) is 7.11 Å². The Hall–Kier alpha value is -1.84. The molecule has 2 N–H and O–H groups in total. The summed E-state index contributed by atoms with van der Waals surface area (Å²) in [7, 11) is 1.69. The normalized spacial score (nSPS) is 10.8. The zero-order valence-corrected chi connectivity index (χ0v) is 12.0. The van der Waals surface area contributed by atoms with E-state index in [-0.39, 0.29) is 0 Å². The Bertz CT molecular complexity index is 496. The van der Waals surface area contributed by atoms with Gasteiger partial charge in [-0.1, -0.05) is 42.5 Å². The third-order valence-electron chi connectivity index (χ3n) is 3.26. The summed E-state index contributed by atoms with van der Waals surface area (Å²) >= 11 is 0. The fourth-order valence-electron chi connectivity index (χ4n) is 2.23. The minimum Gasteiger partial charge on any atom is -0.497 e. The molecule has 0 aromatic heterocycles. The van der Waals surface area contributed by atoms with Crippen LogP contribution in [0.5, 0.6) is 5.75 Å². The van der Waals surface area contributed by atoms with Crippen molar-refractivity contribution in [2.24, 2.45) is 5.73 Å². The first-order valence-electron chi connectivity index (χ1n) is 6.91. The van der Waals surface area contributed by atoms with Gasteiger partial charge < -0.3 is 10.5 Å². The SMILES string of the molecule is COc1ccc(CN(CCN)Cc2ccccc2)cc1. The molecule has 0 saturated heterocycles. The summed E-state index contributed by atoms with van der Waals surface area (Å²) < 4.78 is 5.18. The molecule has 0 spiro atoms. The van der Waals surface area contributed by atoms with Crippen LogP contribution in [0.3, 0.4) is 0 Å². The van der Waals surface area contributed by atoms with Crippen LogP contribution < -0.4 is 10.5 Å². The maximum atomic E-state index is 5.72. The number of methoxy groups -OCH3 is 1. The van der Waals surface area contributed by atoms with Crippen molar-refractivity contribution in [1.29, 1.82) is 0 Å². The van der Waals surface area contributed by atoms with Gasteiger partial charge in [0.2, 0.25) is 0 Å². The summed E-state index contributed by atoms with van der Waals surface area (Å²) in [5.74, 6) is 0.891. The lowest BCUT2D eigenvalue weighted by atomic mass is 10.1. The van der Waals surface area contributed by atoms with E-state index in [1.165, 1.54) is 11.1 Å². The van der Waals surface area contributed by atoms with E-state index in [1.807, 2.05) is 18.2 Å². The highest BCUT2D eigenvalue weighted by molar-refractivity contribution is 5.27. The summed E-state index contributed by atoms with van der Waals surface area (Å²) in [4.78, 5) is 2.36. The molecule has 0 aliphatic rings. The van der Waals surface area contributed by atoms with Crippen LogP contribution in [0.15, 0.2) is 54.6 Å². The van der Waals surface area contributed by atoms with E-state index in [2.05, 4.69) is 41.3 Å². The van der Waals surface area contributed by atoms with Gasteiger partial charge in [-0.3, -0.25) is 4.90 Å². The number of hydrogen-bond acceptors (Lipinski definition) is 3. The number of nitrogens with two attached hydrogens (primary N) is 1. The van der Waals surface area contributed by atoms with Gasteiger partial charge in [0, 0.05) is 26.2 Å². The summed E-state index contributed by atoms with van der Waals surface area (Å²) in [5, 5.41) is 0. The molecule has 0 radical (unpaired) electrons. The zero-order chi connectivity index (χ0) is 14.2. The molecule has 0 fully saturated rings. The van der Waals surface area contributed by atoms with Gasteiger partial charge in [0.1, 0.15) is 5.75 Å². The predicted octanol–water partition coefficient (Wildman–Crippen LogP) is 2.66. The first kappa shape index (κ1) is 14.6. The Morgan fingerprint density at radius 3 is 2.05 bits per heavy atom. The number of nitrogens with zero attached hydrogens (tertiary/aromatic N) is 1. The van der Waals surface area contributed by atoms with Crippen LogP contribution in [0.25, 0.3) is 0 Å². The molecule has 0 atom stereocenters. The van der Waals surface area contributed by atoms with Gasteiger partial charge in [-0.2, -0.15) is 0 Å². The lowest BCUT2D eigenvalue weighted by Crippen LogP contribution is -2.28. The van der Waals surface area contributed by atoms with Crippen LogP contribution in [0.2, 0.25) is 0 Å². The van der Waals surface area contributed by atoms with Gasteiger partial charge in [-0.25, -0.2) is 0 Å². The van der Waals surface area contributed by atoms with E-state index < -0.39 is 0 Å². The van der Waals surface area contributed by atoms with Crippen molar-refractivity contribution in [1.82, 2.24) is 4.90 Å². The summed E-state index contributed by atoms with van der Waals surface area (Å²) in [6, 6.07) is 18.7. The quantitative estimate of drug-likeness (QED) is 0.840. The average Bonchev–Trinajstić information content (AvgIpc) is 2.49. The Kier molecular flexibility index (Phi) is 5.59. The highest BCUT2D eigenvalue weighted by atomic mass is 16.5. The van der Waals surface area contributed by atoms with E-state index in [4.69, 9.17) is 10.5 Å². The Balaban J connectivity index is 2.00. The van der Waals surface area contributed by atoms with Crippen LogP contribution in [-0.2, 0) is 13.1 Å². The molecular weight excluding hydrogens is 248 g/mol. The van der Waals surface area contributed by atoms with Gasteiger partial charge in [0.25, 0.3) is 0 Å². The molecule has 0 aliphatic heterocycles. The van der Waals surface area contributed by atoms with Gasteiger partial charge in [0.15, 0.2) is 0 Å².